The Morgan fingerprint density at radius 1 is 1.29 bits per heavy atom. The molecule has 1 aliphatic heterocycles. The van der Waals surface area contributed by atoms with Gasteiger partial charge in [0.1, 0.15) is 0 Å². The van der Waals surface area contributed by atoms with Crippen molar-refractivity contribution in [3.05, 3.63) is 29.3 Å². The highest BCUT2D eigenvalue weighted by molar-refractivity contribution is 5.59. The first-order chi connectivity index (χ1) is 10.3. The van der Waals surface area contributed by atoms with Crippen LogP contribution in [0.15, 0.2) is 18.2 Å². The number of nitrogens with one attached hydrogen (secondary N) is 1. The molecule has 0 amide bonds. The molecule has 1 aromatic carbocycles. The molecule has 1 aromatic rings. The van der Waals surface area contributed by atoms with Crippen molar-refractivity contribution in [2.24, 2.45) is 0 Å². The lowest BCUT2D eigenvalue weighted by Crippen LogP contribution is -2.25. The number of ether oxygens (including phenoxy) is 2. The van der Waals surface area contributed by atoms with E-state index in [2.05, 4.69) is 42.3 Å². The predicted molar refractivity (Wildman–Crippen MR) is 87.1 cm³/mol. The Morgan fingerprint density at radius 2 is 2.14 bits per heavy atom. The molecule has 1 aliphatic rings. The first kappa shape index (κ1) is 16.3. The molecule has 1 heterocycles. The van der Waals surface area contributed by atoms with E-state index in [1.165, 1.54) is 16.8 Å². The topological polar surface area (TPSA) is 33.7 Å². The Bertz CT molecular complexity index is 437. The van der Waals surface area contributed by atoms with Crippen LogP contribution in [0, 0.1) is 0 Å². The zero-order chi connectivity index (χ0) is 15.1. The maximum atomic E-state index is 5.57. The number of methoxy groups -OCH3 is 1. The van der Waals surface area contributed by atoms with E-state index < -0.39 is 0 Å². The molecule has 0 saturated carbocycles. The van der Waals surface area contributed by atoms with Crippen LogP contribution < -0.4 is 10.2 Å². The van der Waals surface area contributed by atoms with Gasteiger partial charge >= 0.3 is 0 Å². The minimum Gasteiger partial charge on any atom is -0.382 e. The Balaban J connectivity index is 1.88. The Kier molecular flexibility index (Phi) is 6.49. The smallest absolute Gasteiger partial charge is 0.0701 e. The van der Waals surface area contributed by atoms with Crippen LogP contribution >= 0.6 is 0 Å². The van der Waals surface area contributed by atoms with Gasteiger partial charge in [0, 0.05) is 31.9 Å². The number of anilines is 1. The number of rotatable bonds is 9. The number of fused-ring (bicyclic) bond motifs is 1. The molecule has 0 spiro atoms. The summed E-state index contributed by atoms with van der Waals surface area (Å²) in [7, 11) is 1.70. The third-order valence-corrected chi connectivity index (χ3v) is 4.04. The van der Waals surface area contributed by atoms with Gasteiger partial charge < -0.3 is 19.7 Å². The van der Waals surface area contributed by atoms with Gasteiger partial charge in [0.2, 0.25) is 0 Å². The van der Waals surface area contributed by atoms with Crippen LogP contribution in [0.25, 0.3) is 0 Å². The van der Waals surface area contributed by atoms with Crippen molar-refractivity contribution in [2.75, 3.05) is 51.5 Å². The van der Waals surface area contributed by atoms with E-state index in [-0.39, 0.29) is 0 Å². The van der Waals surface area contributed by atoms with Crippen molar-refractivity contribution in [2.45, 2.75) is 26.3 Å². The molecule has 118 valence electrons. The molecule has 2 rings (SSSR count). The van der Waals surface area contributed by atoms with Gasteiger partial charge in [-0.2, -0.15) is 0 Å². The quantitative estimate of drug-likeness (QED) is 0.709. The van der Waals surface area contributed by atoms with Crippen LogP contribution in [0.4, 0.5) is 5.69 Å². The number of benzene rings is 1. The largest absolute Gasteiger partial charge is 0.382 e. The summed E-state index contributed by atoms with van der Waals surface area (Å²) >= 11 is 0. The third-order valence-electron chi connectivity index (χ3n) is 4.04. The van der Waals surface area contributed by atoms with Crippen molar-refractivity contribution < 1.29 is 9.47 Å². The van der Waals surface area contributed by atoms with Gasteiger partial charge in [-0.25, -0.2) is 0 Å². The van der Waals surface area contributed by atoms with Gasteiger partial charge in [0.25, 0.3) is 0 Å². The van der Waals surface area contributed by atoms with E-state index in [0.29, 0.717) is 19.3 Å². The number of nitrogens with zero attached hydrogens (tertiary/aromatic N) is 1. The Morgan fingerprint density at radius 3 is 2.90 bits per heavy atom. The second-order valence-electron chi connectivity index (χ2n) is 5.51. The zero-order valence-corrected chi connectivity index (χ0v) is 13.5. The summed E-state index contributed by atoms with van der Waals surface area (Å²) in [5, 5.41) is 3.47. The SMILES string of the molecule is CCNC(C)c1ccc2c(c1)CCN2CCOCCOC. The van der Waals surface area contributed by atoms with E-state index >= 15 is 0 Å². The third kappa shape index (κ3) is 4.43. The normalized spacial score (nSPS) is 15.3. The minimum atomic E-state index is 0.423. The zero-order valence-electron chi connectivity index (χ0n) is 13.5. The molecule has 1 N–H and O–H groups in total. The molecule has 21 heavy (non-hydrogen) atoms. The fraction of sp³-hybridized carbons (Fsp3) is 0.647. The van der Waals surface area contributed by atoms with Crippen LogP contribution in [0.3, 0.4) is 0 Å². The fourth-order valence-electron chi connectivity index (χ4n) is 2.83. The highest BCUT2D eigenvalue weighted by atomic mass is 16.5. The number of hydrogen-bond donors (Lipinski definition) is 1. The van der Waals surface area contributed by atoms with E-state index in [4.69, 9.17) is 9.47 Å². The molecule has 0 saturated heterocycles. The van der Waals surface area contributed by atoms with Crippen LogP contribution in [0.5, 0.6) is 0 Å². The maximum absolute atomic E-state index is 5.57. The second kappa shape index (κ2) is 8.37. The lowest BCUT2D eigenvalue weighted by molar-refractivity contribution is 0.0742. The van der Waals surface area contributed by atoms with Crippen LogP contribution in [-0.2, 0) is 15.9 Å². The summed E-state index contributed by atoms with van der Waals surface area (Å²) in [4.78, 5) is 2.42. The Labute approximate surface area is 128 Å². The number of hydrogen-bond acceptors (Lipinski definition) is 4. The molecule has 1 atom stereocenters. The van der Waals surface area contributed by atoms with Gasteiger partial charge in [0.15, 0.2) is 0 Å². The molecule has 4 nitrogen and oxygen atoms in total. The van der Waals surface area contributed by atoms with E-state index in [1.807, 2.05) is 0 Å². The van der Waals surface area contributed by atoms with E-state index in [9.17, 15) is 0 Å². The summed E-state index contributed by atoms with van der Waals surface area (Å²) in [6.45, 7) is 9.54. The molecule has 4 heteroatoms. The first-order valence-electron chi connectivity index (χ1n) is 7.94. The average Bonchev–Trinajstić information content (AvgIpc) is 2.90. The van der Waals surface area contributed by atoms with Gasteiger partial charge in [0.05, 0.1) is 19.8 Å². The second-order valence-corrected chi connectivity index (χ2v) is 5.51. The molecule has 0 fully saturated rings. The van der Waals surface area contributed by atoms with Crippen molar-refractivity contribution in [3.8, 4) is 0 Å². The summed E-state index contributed by atoms with van der Waals surface area (Å²) in [6.07, 6.45) is 1.14. The minimum absolute atomic E-state index is 0.423. The van der Waals surface area contributed by atoms with E-state index in [1.54, 1.807) is 7.11 Å². The maximum Gasteiger partial charge on any atom is 0.0701 e. The molecule has 0 bridgehead atoms. The highest BCUT2D eigenvalue weighted by Gasteiger charge is 2.19. The van der Waals surface area contributed by atoms with Crippen LogP contribution in [-0.4, -0.2) is 46.6 Å². The fourth-order valence-corrected chi connectivity index (χ4v) is 2.83. The lowest BCUT2D eigenvalue weighted by atomic mass is 10.0. The van der Waals surface area contributed by atoms with Crippen molar-refractivity contribution >= 4 is 5.69 Å². The standard InChI is InChI=1S/C17H28N2O2/c1-4-18-14(2)15-5-6-17-16(13-15)7-8-19(17)9-10-21-12-11-20-3/h5-6,13-14,18H,4,7-12H2,1-3H3. The van der Waals surface area contributed by atoms with Crippen molar-refractivity contribution in [3.63, 3.8) is 0 Å². The molecule has 0 aromatic heterocycles. The first-order valence-corrected chi connectivity index (χ1v) is 7.94. The summed E-state index contributed by atoms with van der Waals surface area (Å²) < 4.78 is 10.5. The summed E-state index contributed by atoms with van der Waals surface area (Å²) in [5.74, 6) is 0. The summed E-state index contributed by atoms with van der Waals surface area (Å²) in [6, 6.07) is 7.29. The molecular weight excluding hydrogens is 264 g/mol. The Hall–Kier alpha value is -1.10. The predicted octanol–water partition coefficient (Wildman–Crippen LogP) is 2.38. The van der Waals surface area contributed by atoms with Crippen molar-refractivity contribution in [1.82, 2.24) is 5.32 Å². The highest BCUT2D eigenvalue weighted by Crippen LogP contribution is 2.30. The van der Waals surface area contributed by atoms with Gasteiger partial charge in [-0.05, 0) is 37.1 Å². The molecule has 0 radical (unpaired) electrons. The van der Waals surface area contributed by atoms with Gasteiger partial charge in [-0.3, -0.25) is 0 Å². The molecule has 1 unspecified atom stereocenters. The summed E-state index contributed by atoms with van der Waals surface area (Å²) in [5.41, 5.74) is 4.22. The van der Waals surface area contributed by atoms with Gasteiger partial charge in [-0.1, -0.05) is 19.1 Å². The average molecular weight is 292 g/mol. The van der Waals surface area contributed by atoms with E-state index in [0.717, 1.165) is 32.7 Å². The van der Waals surface area contributed by atoms with Crippen molar-refractivity contribution in [1.29, 1.82) is 0 Å². The van der Waals surface area contributed by atoms with Crippen LogP contribution in [0.1, 0.15) is 31.0 Å². The van der Waals surface area contributed by atoms with Gasteiger partial charge in [-0.15, -0.1) is 0 Å². The molecular formula is C17H28N2O2. The monoisotopic (exact) mass is 292 g/mol. The lowest BCUT2D eigenvalue weighted by Gasteiger charge is -2.20. The van der Waals surface area contributed by atoms with Crippen LogP contribution in [0.2, 0.25) is 0 Å². The molecule has 0 aliphatic carbocycles.